The van der Waals surface area contributed by atoms with Crippen LogP contribution in [0.25, 0.3) is 0 Å². The first kappa shape index (κ1) is 14.7. The molecule has 0 saturated carbocycles. The fraction of sp³-hybridized carbons (Fsp3) is 0.700. The van der Waals surface area contributed by atoms with Gasteiger partial charge in [-0.05, 0) is 0 Å². The molecule has 1 atom stereocenters. The number of methoxy groups -OCH3 is 1. The molecule has 0 aliphatic rings. The zero-order chi connectivity index (χ0) is 12.9. The Morgan fingerprint density at radius 2 is 1.69 bits per heavy atom. The Hall–Kier alpha value is -1.33. The number of hydrogen-bond acceptors (Lipinski definition) is 4. The normalized spacial score (nSPS) is 12.7. The maximum Gasteiger partial charge on any atom is 0.316 e. The summed E-state index contributed by atoms with van der Waals surface area (Å²) in [6.07, 6.45) is -3.98. The van der Waals surface area contributed by atoms with Crippen LogP contribution in [0.15, 0.2) is 0 Å². The van der Waals surface area contributed by atoms with Gasteiger partial charge in [-0.2, -0.15) is 0 Å². The summed E-state index contributed by atoms with van der Waals surface area (Å²) in [6, 6.07) is 0. The van der Waals surface area contributed by atoms with Crippen LogP contribution in [0.4, 0.5) is 8.78 Å². The molecular weight excluding hydrogens is 222 g/mol. The van der Waals surface area contributed by atoms with Crippen molar-refractivity contribution in [3.63, 3.8) is 0 Å². The lowest BCUT2D eigenvalue weighted by atomic mass is 9.91. The average molecular weight is 236 g/mol. The number of alkyl halides is 2. The second-order valence-corrected chi connectivity index (χ2v) is 3.60. The van der Waals surface area contributed by atoms with Crippen LogP contribution in [0.5, 0.6) is 0 Å². The molecule has 92 valence electrons. The molecule has 0 heterocycles. The van der Waals surface area contributed by atoms with Crippen LogP contribution in [0.2, 0.25) is 0 Å². The number of Topliss-reactive ketones (excluding diaryl/α,β-unsaturated/α-hetero) is 2. The van der Waals surface area contributed by atoms with Crippen molar-refractivity contribution < 1.29 is 27.9 Å². The minimum atomic E-state index is -3.17. The number of halogens is 2. The van der Waals surface area contributed by atoms with Gasteiger partial charge in [-0.3, -0.25) is 14.4 Å². The molecule has 16 heavy (non-hydrogen) atoms. The number of ketones is 2. The van der Waals surface area contributed by atoms with E-state index in [1.54, 1.807) is 0 Å². The molecule has 0 saturated heterocycles. The number of hydrogen-bond donors (Lipinski definition) is 0. The van der Waals surface area contributed by atoms with Crippen LogP contribution >= 0.6 is 0 Å². The molecule has 4 nitrogen and oxygen atoms in total. The van der Waals surface area contributed by atoms with E-state index in [1.807, 2.05) is 0 Å². The van der Waals surface area contributed by atoms with Crippen molar-refractivity contribution in [2.45, 2.75) is 26.7 Å². The lowest BCUT2D eigenvalue weighted by molar-refractivity contribution is -0.153. The van der Waals surface area contributed by atoms with E-state index < -0.39 is 42.2 Å². The van der Waals surface area contributed by atoms with Crippen molar-refractivity contribution in [3.05, 3.63) is 0 Å². The first-order valence-electron chi connectivity index (χ1n) is 4.73. The molecule has 0 rings (SSSR count). The third-order valence-corrected chi connectivity index (χ3v) is 2.05. The molecule has 6 heteroatoms. The van der Waals surface area contributed by atoms with Crippen LogP contribution in [-0.4, -0.2) is 31.1 Å². The van der Waals surface area contributed by atoms with Gasteiger partial charge in [0.1, 0.15) is 11.7 Å². The lowest BCUT2D eigenvalue weighted by Gasteiger charge is -2.14. The maximum atomic E-state index is 12.0. The molecular formula is C10H14F2O4. The lowest BCUT2D eigenvalue weighted by Crippen LogP contribution is -2.32. The molecule has 0 spiro atoms. The molecule has 0 aromatic carbocycles. The van der Waals surface area contributed by atoms with Crippen molar-refractivity contribution >= 4 is 17.5 Å². The zero-order valence-electron chi connectivity index (χ0n) is 9.33. The molecule has 0 aliphatic heterocycles. The molecule has 0 aliphatic carbocycles. The van der Waals surface area contributed by atoms with Crippen molar-refractivity contribution in [2.24, 2.45) is 11.8 Å². The van der Waals surface area contributed by atoms with E-state index in [0.29, 0.717) is 0 Å². The summed E-state index contributed by atoms with van der Waals surface area (Å²) in [5, 5.41) is 0. The second-order valence-electron chi connectivity index (χ2n) is 3.60. The van der Waals surface area contributed by atoms with Gasteiger partial charge in [0.05, 0.1) is 7.11 Å². The number of rotatable bonds is 6. The largest absolute Gasteiger partial charge is 0.468 e. The van der Waals surface area contributed by atoms with Gasteiger partial charge in [0.15, 0.2) is 5.78 Å². The van der Waals surface area contributed by atoms with Gasteiger partial charge in [0.2, 0.25) is 0 Å². The fourth-order valence-corrected chi connectivity index (χ4v) is 1.13. The van der Waals surface area contributed by atoms with Crippen LogP contribution < -0.4 is 0 Å². The van der Waals surface area contributed by atoms with Crippen molar-refractivity contribution in [3.8, 4) is 0 Å². The van der Waals surface area contributed by atoms with Gasteiger partial charge >= 0.3 is 5.97 Å². The molecule has 0 fully saturated rings. The Bertz CT molecular complexity index is 287. The van der Waals surface area contributed by atoms with Crippen molar-refractivity contribution in [1.82, 2.24) is 0 Å². The zero-order valence-corrected chi connectivity index (χ0v) is 9.33. The minimum Gasteiger partial charge on any atom is -0.468 e. The number of carbonyl (C=O) groups excluding carboxylic acids is 3. The monoisotopic (exact) mass is 236 g/mol. The minimum absolute atomic E-state index is 0.519. The highest BCUT2D eigenvalue weighted by Gasteiger charge is 2.33. The summed E-state index contributed by atoms with van der Waals surface area (Å²) in [5.74, 6) is -4.89. The van der Waals surface area contributed by atoms with Crippen molar-refractivity contribution in [2.75, 3.05) is 7.11 Å². The van der Waals surface area contributed by atoms with Crippen LogP contribution in [-0.2, 0) is 19.1 Å². The first-order chi connectivity index (χ1) is 7.31. The SMILES string of the molecule is COC(=O)C(CC(=O)C(F)F)C(=O)C(C)C. The Morgan fingerprint density at radius 3 is 2.00 bits per heavy atom. The summed E-state index contributed by atoms with van der Waals surface area (Å²) >= 11 is 0. The van der Waals surface area contributed by atoms with Gasteiger partial charge in [0.25, 0.3) is 6.43 Å². The summed E-state index contributed by atoms with van der Waals surface area (Å²) in [4.78, 5) is 33.5. The second kappa shape index (κ2) is 6.30. The Balaban J connectivity index is 4.76. The highest BCUT2D eigenvalue weighted by molar-refractivity contribution is 6.03. The van der Waals surface area contributed by atoms with E-state index >= 15 is 0 Å². The van der Waals surface area contributed by atoms with Gasteiger partial charge in [-0.25, -0.2) is 8.78 Å². The maximum absolute atomic E-state index is 12.0. The van der Waals surface area contributed by atoms with Crippen molar-refractivity contribution in [1.29, 1.82) is 0 Å². The van der Waals surface area contributed by atoms with E-state index in [0.717, 1.165) is 7.11 Å². The Kier molecular flexibility index (Phi) is 5.77. The van der Waals surface area contributed by atoms with Crippen LogP contribution in [0, 0.1) is 11.8 Å². The summed E-state index contributed by atoms with van der Waals surface area (Å²) in [7, 11) is 1.04. The molecule has 1 unspecified atom stereocenters. The predicted molar refractivity (Wildman–Crippen MR) is 51.0 cm³/mol. The molecule has 0 aromatic heterocycles. The number of esters is 1. The summed E-state index contributed by atoms with van der Waals surface area (Å²) in [6.45, 7) is 3.04. The number of ether oxygens (including phenoxy) is 1. The Morgan fingerprint density at radius 1 is 1.19 bits per heavy atom. The topological polar surface area (TPSA) is 60.4 Å². The van der Waals surface area contributed by atoms with Crippen LogP contribution in [0.1, 0.15) is 20.3 Å². The summed E-state index contributed by atoms with van der Waals surface area (Å²) in [5.41, 5.74) is 0. The number of carbonyl (C=O) groups is 3. The molecule has 0 radical (unpaired) electrons. The van der Waals surface area contributed by atoms with E-state index in [4.69, 9.17) is 0 Å². The summed E-state index contributed by atoms with van der Waals surface area (Å²) < 4.78 is 28.3. The quantitative estimate of drug-likeness (QED) is 0.514. The first-order valence-corrected chi connectivity index (χ1v) is 4.73. The molecule has 0 bridgehead atoms. The van der Waals surface area contributed by atoms with E-state index in [2.05, 4.69) is 4.74 Å². The highest BCUT2D eigenvalue weighted by atomic mass is 19.3. The van der Waals surface area contributed by atoms with Crippen LogP contribution in [0.3, 0.4) is 0 Å². The predicted octanol–water partition coefficient (Wildman–Crippen LogP) is 1.22. The molecule has 0 N–H and O–H groups in total. The fourth-order valence-electron chi connectivity index (χ4n) is 1.13. The molecule has 0 amide bonds. The highest BCUT2D eigenvalue weighted by Crippen LogP contribution is 2.15. The van der Waals surface area contributed by atoms with Gasteiger partial charge in [-0.1, -0.05) is 13.8 Å². The van der Waals surface area contributed by atoms with E-state index in [-0.39, 0.29) is 0 Å². The van der Waals surface area contributed by atoms with E-state index in [1.165, 1.54) is 13.8 Å². The average Bonchev–Trinajstić information content (AvgIpc) is 2.23. The van der Waals surface area contributed by atoms with Gasteiger partial charge in [0, 0.05) is 12.3 Å². The standard InChI is InChI=1S/C10H14F2O4/c1-5(2)8(14)6(10(15)16-3)4-7(13)9(11)12/h5-6,9H,4H2,1-3H3. The van der Waals surface area contributed by atoms with Gasteiger partial charge in [-0.15, -0.1) is 0 Å². The van der Waals surface area contributed by atoms with Gasteiger partial charge < -0.3 is 4.74 Å². The third-order valence-electron chi connectivity index (χ3n) is 2.05. The Labute approximate surface area is 92.0 Å². The smallest absolute Gasteiger partial charge is 0.316 e. The van der Waals surface area contributed by atoms with E-state index in [9.17, 15) is 23.2 Å². The third kappa shape index (κ3) is 4.04. The molecule has 0 aromatic rings.